The number of nitrogens with one attached hydrogen (secondary N) is 1. The van der Waals surface area contributed by atoms with Crippen molar-refractivity contribution in [1.29, 1.82) is 5.41 Å². The quantitative estimate of drug-likeness (QED) is 0.510. The highest BCUT2D eigenvalue weighted by Gasteiger charge is 2.28. The summed E-state index contributed by atoms with van der Waals surface area (Å²) in [6, 6.07) is 4.76. The van der Waals surface area contributed by atoms with Gasteiger partial charge in [-0.2, -0.15) is 0 Å². The third-order valence-electron chi connectivity index (χ3n) is 2.23. The monoisotopic (exact) mass is 328 g/mol. The molecule has 0 fully saturated rings. The van der Waals surface area contributed by atoms with Gasteiger partial charge < -0.3 is 14.2 Å². The minimum Gasteiger partial charge on any atom is -0.493 e. The van der Waals surface area contributed by atoms with Crippen LogP contribution in [-0.4, -0.2) is 30.4 Å². The van der Waals surface area contributed by atoms with E-state index in [9.17, 15) is 0 Å². The van der Waals surface area contributed by atoms with Crippen molar-refractivity contribution in [3.05, 3.63) is 23.8 Å². The van der Waals surface area contributed by atoms with Crippen molar-refractivity contribution in [1.82, 2.24) is 0 Å². The van der Waals surface area contributed by atoms with Crippen molar-refractivity contribution in [2.24, 2.45) is 0 Å². The topological polar surface area (TPSA) is 51.5 Å². The summed E-state index contributed by atoms with van der Waals surface area (Å²) >= 11 is 16.5. The summed E-state index contributed by atoms with van der Waals surface area (Å²) in [6.07, 6.45) is 0.410. The van der Waals surface area contributed by atoms with E-state index in [1.807, 2.05) is 0 Å². The molecule has 0 unspecified atom stereocenters. The van der Waals surface area contributed by atoms with E-state index < -0.39 is 16.7 Å². The molecule has 0 aliphatic heterocycles. The van der Waals surface area contributed by atoms with Gasteiger partial charge in [0.15, 0.2) is 11.5 Å². The number of methoxy groups -OCH3 is 2. The van der Waals surface area contributed by atoms with Gasteiger partial charge >= 0.3 is 0 Å². The van der Waals surface area contributed by atoms with E-state index in [2.05, 4.69) is 0 Å². The van der Waals surface area contributed by atoms with E-state index in [-0.39, 0.29) is 18.1 Å². The van der Waals surface area contributed by atoms with E-state index in [1.54, 1.807) is 12.1 Å². The van der Waals surface area contributed by atoms with Gasteiger partial charge in [0.25, 0.3) is 3.79 Å². The Morgan fingerprint density at radius 1 is 1.32 bits per heavy atom. The number of rotatable bonds is 5. The van der Waals surface area contributed by atoms with Crippen molar-refractivity contribution < 1.29 is 18.3 Å². The van der Waals surface area contributed by atoms with E-state index in [4.69, 9.17) is 58.5 Å². The molecule has 1 rings (SSSR count). The second kappa shape index (κ2) is 7.08. The fourth-order valence-electron chi connectivity index (χ4n) is 1.30. The first-order chi connectivity index (χ1) is 10.0. The maximum Gasteiger partial charge on any atom is 0.265 e. The normalized spacial score (nSPS) is 14.0. The molecule has 0 heterocycles. The average Bonchev–Trinajstić information content (AvgIpc) is 2.37. The molecule has 0 aromatic heterocycles. The lowest BCUT2D eigenvalue weighted by Crippen LogP contribution is -2.22. The molecule has 7 heteroatoms. The molecule has 19 heavy (non-hydrogen) atoms. The predicted molar refractivity (Wildman–Crippen MR) is 77.2 cm³/mol. The zero-order valence-electron chi connectivity index (χ0n) is 13.0. The molecular formula is C12H14Cl3NO3. The molecule has 0 aliphatic carbocycles. The van der Waals surface area contributed by atoms with Crippen molar-refractivity contribution in [3.63, 3.8) is 0 Å². The first-order valence-electron chi connectivity index (χ1n) is 6.67. The Morgan fingerprint density at radius 2 is 2.05 bits per heavy atom. The molecule has 4 nitrogen and oxygen atoms in total. The van der Waals surface area contributed by atoms with Crippen molar-refractivity contribution in [2.75, 3.05) is 20.8 Å². The molecule has 0 atom stereocenters. The summed E-state index contributed by atoms with van der Waals surface area (Å²) in [7, 11) is -1.15. The minimum absolute atomic E-state index is 0.112. The number of ether oxygens (including phenoxy) is 3. The van der Waals surface area contributed by atoms with Gasteiger partial charge in [0.2, 0.25) is 5.90 Å². The fraction of sp³-hybridized carbons (Fsp3) is 0.417. The molecule has 0 aliphatic rings. The van der Waals surface area contributed by atoms with Gasteiger partial charge in [-0.15, -0.1) is 0 Å². The Balaban J connectivity index is 2.68. The van der Waals surface area contributed by atoms with Crippen LogP contribution >= 0.6 is 34.8 Å². The maximum atomic E-state index is 7.39. The van der Waals surface area contributed by atoms with Gasteiger partial charge in [-0.05, 0) is 17.7 Å². The highest BCUT2D eigenvalue weighted by Crippen LogP contribution is 2.29. The molecule has 0 spiro atoms. The summed E-state index contributed by atoms with van der Waals surface area (Å²) in [5, 5.41) is 7.39. The van der Waals surface area contributed by atoms with Crippen molar-refractivity contribution >= 4 is 40.7 Å². The molecule has 1 N–H and O–H groups in total. The van der Waals surface area contributed by atoms with E-state index in [1.165, 1.54) is 13.2 Å². The van der Waals surface area contributed by atoms with Crippen molar-refractivity contribution in [3.8, 4) is 11.5 Å². The predicted octanol–water partition coefficient (Wildman–Crippen LogP) is 3.61. The van der Waals surface area contributed by atoms with Gasteiger partial charge in [0.05, 0.1) is 24.9 Å². The molecule has 106 valence electrons. The standard InChI is InChI=1S/C12H14Cl3NO3/c1-17-9-4-3-8(7-10(9)18-2)5-6-19-11(16)12(13,14)15/h3-4,7,16H,5-6H2,1-2H3/i1D3. The van der Waals surface area contributed by atoms with Gasteiger partial charge in [-0.25, -0.2) is 0 Å². The number of alkyl halides is 3. The van der Waals surface area contributed by atoms with Crippen LogP contribution in [0.1, 0.15) is 9.68 Å². The lowest BCUT2D eigenvalue weighted by Gasteiger charge is -2.14. The number of hydrogen-bond acceptors (Lipinski definition) is 4. The molecule has 0 amide bonds. The van der Waals surface area contributed by atoms with Gasteiger partial charge in [-0.1, -0.05) is 40.9 Å². The van der Waals surface area contributed by atoms with Crippen LogP contribution in [-0.2, 0) is 11.2 Å². The van der Waals surface area contributed by atoms with E-state index in [0.717, 1.165) is 5.56 Å². The lowest BCUT2D eigenvalue weighted by atomic mass is 10.1. The van der Waals surface area contributed by atoms with Crippen LogP contribution in [0.5, 0.6) is 11.5 Å². The summed E-state index contributed by atoms with van der Waals surface area (Å²) in [5.41, 5.74) is 0.784. The molecular weight excluding hydrogens is 312 g/mol. The van der Waals surface area contributed by atoms with Crippen LogP contribution in [0.2, 0.25) is 0 Å². The summed E-state index contributed by atoms with van der Waals surface area (Å²) < 4.78 is 34.3. The van der Waals surface area contributed by atoms with Crippen LogP contribution in [0.25, 0.3) is 0 Å². The number of hydrogen-bond donors (Lipinski definition) is 1. The zero-order valence-corrected chi connectivity index (χ0v) is 12.3. The third-order valence-corrected chi connectivity index (χ3v) is 2.75. The van der Waals surface area contributed by atoms with Crippen LogP contribution in [0.4, 0.5) is 0 Å². The SMILES string of the molecule is [2H]C([2H])([2H])Oc1ccc(CCOC(=N)C(Cl)(Cl)Cl)cc1OC. The van der Waals surface area contributed by atoms with Gasteiger partial charge in [0.1, 0.15) is 0 Å². The van der Waals surface area contributed by atoms with Crippen molar-refractivity contribution in [2.45, 2.75) is 10.2 Å². The fourth-order valence-corrected chi connectivity index (χ4v) is 1.47. The molecule has 0 saturated carbocycles. The Morgan fingerprint density at radius 3 is 2.63 bits per heavy atom. The highest BCUT2D eigenvalue weighted by atomic mass is 35.6. The Labute approximate surface area is 131 Å². The third kappa shape index (κ3) is 4.97. The molecule has 0 radical (unpaired) electrons. The summed E-state index contributed by atoms with van der Waals surface area (Å²) in [5.74, 6) is -0.0712. The van der Waals surface area contributed by atoms with Gasteiger partial charge in [0, 0.05) is 6.42 Å². The maximum absolute atomic E-state index is 7.39. The van der Waals surface area contributed by atoms with Crippen LogP contribution in [0.15, 0.2) is 18.2 Å². The molecule has 0 saturated heterocycles. The average molecular weight is 330 g/mol. The highest BCUT2D eigenvalue weighted by molar-refractivity contribution is 6.76. The molecule has 1 aromatic carbocycles. The molecule has 0 bridgehead atoms. The Bertz CT molecular complexity index is 533. The van der Waals surface area contributed by atoms with E-state index in [0.29, 0.717) is 6.42 Å². The number of halogens is 3. The minimum atomic E-state index is -2.56. The lowest BCUT2D eigenvalue weighted by molar-refractivity contribution is 0.299. The second-order valence-corrected chi connectivity index (χ2v) is 5.79. The smallest absolute Gasteiger partial charge is 0.265 e. The summed E-state index contributed by atoms with van der Waals surface area (Å²) in [6.45, 7) is 0.120. The van der Waals surface area contributed by atoms with Crippen LogP contribution < -0.4 is 9.47 Å². The Kier molecular flexibility index (Phi) is 4.45. The summed E-state index contributed by atoms with van der Waals surface area (Å²) in [4.78, 5) is 0. The Hall–Kier alpha value is -0.840. The van der Waals surface area contributed by atoms with E-state index >= 15 is 0 Å². The van der Waals surface area contributed by atoms with Crippen LogP contribution in [0, 0.1) is 5.41 Å². The second-order valence-electron chi connectivity index (χ2n) is 3.51. The first-order valence-corrected chi connectivity index (χ1v) is 6.31. The first kappa shape index (κ1) is 11.9. The largest absolute Gasteiger partial charge is 0.493 e. The molecule has 1 aromatic rings. The zero-order chi connectivity index (χ0) is 17.0. The number of benzene rings is 1. The van der Waals surface area contributed by atoms with Gasteiger partial charge in [-0.3, -0.25) is 5.41 Å². The van der Waals surface area contributed by atoms with Crippen LogP contribution in [0.3, 0.4) is 0 Å².